The zero-order valence-electron chi connectivity index (χ0n) is 14.3. The Morgan fingerprint density at radius 3 is 2.41 bits per heavy atom. The van der Waals surface area contributed by atoms with Gasteiger partial charge in [0.15, 0.2) is 0 Å². The first-order valence-corrected chi connectivity index (χ1v) is 8.52. The Morgan fingerprint density at radius 1 is 1.15 bits per heavy atom. The lowest BCUT2D eigenvalue weighted by molar-refractivity contribution is -0.154. The van der Waals surface area contributed by atoms with Gasteiger partial charge in [-0.1, -0.05) is 48.9 Å². The Bertz CT molecular complexity index is 810. The number of esters is 1. The molecule has 0 saturated heterocycles. The van der Waals surface area contributed by atoms with Gasteiger partial charge in [-0.05, 0) is 24.6 Å². The molecule has 0 aliphatic carbocycles. The lowest BCUT2D eigenvalue weighted by Gasteiger charge is -2.19. The topological polar surface area (TPSA) is 55.4 Å². The molecule has 2 aromatic rings. The molecule has 0 bridgehead atoms. The molecule has 0 fully saturated rings. The van der Waals surface area contributed by atoms with Crippen molar-refractivity contribution in [1.82, 2.24) is 0 Å². The fraction of sp³-hybridized carbons (Fsp3) is 0.263. The summed E-state index contributed by atoms with van der Waals surface area (Å²) in [6.45, 7) is 1.78. The third-order valence-corrected chi connectivity index (χ3v) is 3.93. The smallest absolute Gasteiger partial charge is 0.416 e. The van der Waals surface area contributed by atoms with Crippen LogP contribution in [-0.2, 0) is 20.5 Å². The second kappa shape index (κ2) is 8.90. The number of halogens is 4. The zero-order chi connectivity index (χ0) is 20.0. The number of carbonyl (C=O) groups excluding carboxylic acids is 2. The number of hydrogen-bond acceptors (Lipinski definition) is 3. The van der Waals surface area contributed by atoms with E-state index in [0.29, 0.717) is 12.0 Å². The number of nitrogens with one attached hydrogen (secondary N) is 1. The van der Waals surface area contributed by atoms with Crippen LogP contribution in [0.4, 0.5) is 18.9 Å². The standard InChI is InChI=1S/C19H17ClF3NO3/c1-2-6-16(25)27-17(12-7-4-3-5-8-12)18(26)24-15-11-13(19(21,22)23)9-10-14(15)20/h3-5,7-11,17H,2,6H2,1H3,(H,24,26). The second-order valence-corrected chi connectivity index (χ2v) is 6.12. The molecular formula is C19H17ClF3NO3. The van der Waals surface area contributed by atoms with E-state index in [9.17, 15) is 22.8 Å². The van der Waals surface area contributed by atoms with Gasteiger partial charge < -0.3 is 10.1 Å². The van der Waals surface area contributed by atoms with Crippen LogP contribution in [0.2, 0.25) is 5.02 Å². The number of anilines is 1. The molecule has 2 aromatic carbocycles. The fourth-order valence-electron chi connectivity index (χ4n) is 2.29. The summed E-state index contributed by atoms with van der Waals surface area (Å²) in [5.41, 5.74) is -0.784. The molecule has 0 aliphatic rings. The number of ether oxygens (including phenoxy) is 1. The number of hydrogen-bond donors (Lipinski definition) is 1. The van der Waals surface area contributed by atoms with Gasteiger partial charge in [-0.2, -0.15) is 13.2 Å². The molecule has 1 N–H and O–H groups in total. The molecule has 27 heavy (non-hydrogen) atoms. The molecule has 0 spiro atoms. The van der Waals surface area contributed by atoms with Crippen molar-refractivity contribution in [3.05, 3.63) is 64.7 Å². The van der Waals surface area contributed by atoms with Gasteiger partial charge >= 0.3 is 12.1 Å². The molecule has 2 rings (SSSR count). The second-order valence-electron chi connectivity index (χ2n) is 5.71. The van der Waals surface area contributed by atoms with Crippen molar-refractivity contribution in [1.29, 1.82) is 0 Å². The van der Waals surface area contributed by atoms with Crippen LogP contribution in [0, 0.1) is 0 Å². The summed E-state index contributed by atoms with van der Waals surface area (Å²) in [7, 11) is 0. The van der Waals surface area contributed by atoms with Gasteiger partial charge in [0, 0.05) is 12.0 Å². The van der Waals surface area contributed by atoms with Gasteiger partial charge in [-0.15, -0.1) is 0 Å². The maximum atomic E-state index is 12.9. The monoisotopic (exact) mass is 399 g/mol. The molecule has 1 amide bonds. The zero-order valence-corrected chi connectivity index (χ0v) is 15.1. The minimum absolute atomic E-state index is 0.0666. The summed E-state index contributed by atoms with van der Waals surface area (Å²) < 4.78 is 43.9. The Labute approximate surface area is 159 Å². The molecule has 144 valence electrons. The molecule has 1 atom stereocenters. The molecule has 4 nitrogen and oxygen atoms in total. The Kier molecular flexibility index (Phi) is 6.85. The summed E-state index contributed by atoms with van der Waals surface area (Å²) in [5, 5.41) is 2.25. The van der Waals surface area contributed by atoms with Gasteiger partial charge in [0.25, 0.3) is 5.91 Å². The van der Waals surface area contributed by atoms with Crippen LogP contribution in [0.25, 0.3) is 0 Å². The van der Waals surface area contributed by atoms with E-state index in [2.05, 4.69) is 5.32 Å². The van der Waals surface area contributed by atoms with Crippen molar-refractivity contribution in [2.24, 2.45) is 0 Å². The highest BCUT2D eigenvalue weighted by atomic mass is 35.5. The SMILES string of the molecule is CCCC(=O)OC(C(=O)Nc1cc(C(F)(F)F)ccc1Cl)c1ccccc1. The first-order chi connectivity index (χ1) is 12.7. The van der Waals surface area contributed by atoms with E-state index in [1.807, 2.05) is 0 Å². The minimum atomic E-state index is -4.59. The van der Waals surface area contributed by atoms with Gasteiger partial charge in [0.2, 0.25) is 6.10 Å². The average Bonchev–Trinajstić information content (AvgIpc) is 2.61. The molecule has 0 saturated carbocycles. The van der Waals surface area contributed by atoms with Gasteiger partial charge in [-0.3, -0.25) is 9.59 Å². The van der Waals surface area contributed by atoms with Crippen LogP contribution >= 0.6 is 11.6 Å². The highest BCUT2D eigenvalue weighted by Gasteiger charge is 2.32. The predicted octanol–water partition coefficient (Wildman–Crippen LogP) is 5.38. The molecule has 0 aromatic heterocycles. The minimum Gasteiger partial charge on any atom is -0.447 e. The summed E-state index contributed by atoms with van der Waals surface area (Å²) in [4.78, 5) is 24.5. The van der Waals surface area contributed by atoms with Crippen LogP contribution in [0.1, 0.15) is 37.0 Å². The predicted molar refractivity (Wildman–Crippen MR) is 95.3 cm³/mol. The lowest BCUT2D eigenvalue weighted by atomic mass is 10.1. The van der Waals surface area contributed by atoms with Crippen LogP contribution in [0.15, 0.2) is 48.5 Å². The molecule has 1 unspecified atom stereocenters. The summed E-state index contributed by atoms with van der Waals surface area (Å²) in [6, 6.07) is 10.8. The van der Waals surface area contributed by atoms with E-state index in [-0.39, 0.29) is 17.1 Å². The van der Waals surface area contributed by atoms with Crippen LogP contribution in [0.5, 0.6) is 0 Å². The summed E-state index contributed by atoms with van der Waals surface area (Å²) >= 11 is 5.91. The van der Waals surface area contributed by atoms with Crippen LogP contribution in [0.3, 0.4) is 0 Å². The van der Waals surface area contributed by atoms with E-state index in [0.717, 1.165) is 18.2 Å². The van der Waals surface area contributed by atoms with Crippen molar-refractivity contribution in [3.63, 3.8) is 0 Å². The maximum absolute atomic E-state index is 12.9. The maximum Gasteiger partial charge on any atom is 0.416 e. The number of rotatable bonds is 6. The van der Waals surface area contributed by atoms with E-state index in [1.165, 1.54) is 0 Å². The Hall–Kier alpha value is -2.54. The summed E-state index contributed by atoms with van der Waals surface area (Å²) in [6.07, 6.45) is -5.25. The van der Waals surface area contributed by atoms with Gasteiger partial charge in [-0.25, -0.2) is 0 Å². The van der Waals surface area contributed by atoms with Gasteiger partial charge in [0.1, 0.15) is 0 Å². The Morgan fingerprint density at radius 2 is 1.81 bits per heavy atom. The van der Waals surface area contributed by atoms with Crippen molar-refractivity contribution in [3.8, 4) is 0 Å². The quantitative estimate of drug-likeness (QED) is 0.663. The van der Waals surface area contributed by atoms with Crippen LogP contribution < -0.4 is 5.32 Å². The third-order valence-electron chi connectivity index (χ3n) is 3.60. The van der Waals surface area contributed by atoms with Crippen molar-refractivity contribution in [2.75, 3.05) is 5.32 Å². The number of alkyl halides is 3. The lowest BCUT2D eigenvalue weighted by Crippen LogP contribution is -2.26. The van der Waals surface area contributed by atoms with E-state index < -0.39 is 29.7 Å². The average molecular weight is 400 g/mol. The summed E-state index contributed by atoms with van der Waals surface area (Å²) in [5.74, 6) is -1.39. The normalized spacial score (nSPS) is 12.3. The van der Waals surface area contributed by atoms with Crippen molar-refractivity contribution >= 4 is 29.2 Å². The Balaban J connectivity index is 2.29. The molecule has 8 heteroatoms. The third kappa shape index (κ3) is 5.72. The highest BCUT2D eigenvalue weighted by molar-refractivity contribution is 6.33. The highest BCUT2D eigenvalue weighted by Crippen LogP contribution is 2.34. The molecule has 0 radical (unpaired) electrons. The van der Waals surface area contributed by atoms with Crippen molar-refractivity contribution < 1.29 is 27.5 Å². The largest absolute Gasteiger partial charge is 0.447 e. The molecule has 0 heterocycles. The van der Waals surface area contributed by atoms with E-state index in [4.69, 9.17) is 16.3 Å². The molecule has 0 aliphatic heterocycles. The van der Waals surface area contributed by atoms with E-state index >= 15 is 0 Å². The van der Waals surface area contributed by atoms with Crippen LogP contribution in [-0.4, -0.2) is 11.9 Å². The van der Waals surface area contributed by atoms with E-state index in [1.54, 1.807) is 37.3 Å². The molecular weight excluding hydrogens is 383 g/mol. The van der Waals surface area contributed by atoms with Crippen molar-refractivity contribution in [2.45, 2.75) is 32.0 Å². The number of carbonyl (C=O) groups is 2. The number of amides is 1. The first-order valence-electron chi connectivity index (χ1n) is 8.14. The van der Waals surface area contributed by atoms with Gasteiger partial charge in [0.05, 0.1) is 16.3 Å². The first kappa shape index (κ1) is 20.8. The number of benzene rings is 2. The fourth-order valence-corrected chi connectivity index (χ4v) is 2.46.